The first-order valence-electron chi connectivity index (χ1n) is 7.06. The van der Waals surface area contributed by atoms with E-state index in [9.17, 15) is 4.79 Å². The maximum atomic E-state index is 11.7. The summed E-state index contributed by atoms with van der Waals surface area (Å²) >= 11 is 0. The third-order valence-electron chi connectivity index (χ3n) is 3.22. The van der Waals surface area contributed by atoms with Crippen molar-refractivity contribution in [3.8, 4) is 0 Å². The molecule has 1 aliphatic heterocycles. The summed E-state index contributed by atoms with van der Waals surface area (Å²) in [5, 5.41) is 6.82. The lowest BCUT2D eigenvalue weighted by molar-refractivity contribution is -0.123. The quantitative estimate of drug-likeness (QED) is 0.820. The molecule has 20 heavy (non-hydrogen) atoms. The Morgan fingerprint density at radius 2 is 1.95 bits per heavy atom. The molecule has 1 fully saturated rings. The van der Waals surface area contributed by atoms with Gasteiger partial charge >= 0.3 is 0 Å². The van der Waals surface area contributed by atoms with Gasteiger partial charge in [-0.25, -0.2) is 0 Å². The van der Waals surface area contributed by atoms with Crippen LogP contribution in [-0.4, -0.2) is 64.6 Å². The van der Waals surface area contributed by atoms with E-state index in [2.05, 4.69) is 25.3 Å². The van der Waals surface area contributed by atoms with Gasteiger partial charge in [-0.15, -0.1) is 0 Å². The maximum absolute atomic E-state index is 11.7. The highest BCUT2D eigenvalue weighted by molar-refractivity contribution is 5.78. The van der Waals surface area contributed by atoms with Crippen LogP contribution in [-0.2, 0) is 11.3 Å². The van der Waals surface area contributed by atoms with E-state index in [4.69, 9.17) is 4.52 Å². The van der Waals surface area contributed by atoms with Crippen LogP contribution >= 0.6 is 0 Å². The van der Waals surface area contributed by atoms with Crippen LogP contribution in [0.3, 0.4) is 0 Å². The highest BCUT2D eigenvalue weighted by Gasteiger charge is 2.20. The Kier molecular flexibility index (Phi) is 5.08. The molecule has 7 nitrogen and oxygen atoms in total. The Morgan fingerprint density at radius 3 is 2.50 bits per heavy atom. The lowest BCUT2D eigenvalue weighted by atomic mass is 10.3. The SMILES string of the molecule is Cc1nc(CN2CCN(CC(=O)NC(C)C)CC2)no1. The standard InChI is InChI=1S/C13H23N5O2/c1-10(2)14-13(19)9-18-6-4-17(5-7-18)8-12-15-11(3)20-16-12/h10H,4-9H2,1-3H3,(H,14,19). The van der Waals surface area contributed by atoms with E-state index < -0.39 is 0 Å². The van der Waals surface area contributed by atoms with Gasteiger partial charge in [0.2, 0.25) is 11.8 Å². The predicted octanol–water partition coefficient (Wildman–Crippen LogP) is 0.0202. The average Bonchev–Trinajstić information content (AvgIpc) is 2.76. The Balaban J connectivity index is 1.71. The van der Waals surface area contributed by atoms with Gasteiger partial charge in [0.05, 0.1) is 13.1 Å². The Labute approximate surface area is 119 Å². The van der Waals surface area contributed by atoms with Gasteiger partial charge in [-0.1, -0.05) is 5.16 Å². The fraction of sp³-hybridized carbons (Fsp3) is 0.769. The van der Waals surface area contributed by atoms with Gasteiger partial charge in [0.25, 0.3) is 0 Å². The number of nitrogens with one attached hydrogen (secondary N) is 1. The second kappa shape index (κ2) is 6.81. The second-order valence-corrected chi connectivity index (χ2v) is 5.50. The number of carbonyl (C=O) groups is 1. The van der Waals surface area contributed by atoms with Crippen LogP contribution in [0, 0.1) is 6.92 Å². The first-order chi connectivity index (χ1) is 9.52. The Bertz CT molecular complexity index is 438. The van der Waals surface area contributed by atoms with Crippen LogP contribution in [0.1, 0.15) is 25.6 Å². The number of hydrogen-bond donors (Lipinski definition) is 1. The Hall–Kier alpha value is -1.47. The van der Waals surface area contributed by atoms with E-state index in [1.165, 1.54) is 0 Å². The Morgan fingerprint density at radius 1 is 1.30 bits per heavy atom. The monoisotopic (exact) mass is 281 g/mol. The molecule has 1 aliphatic rings. The van der Waals surface area contributed by atoms with Crippen molar-refractivity contribution in [2.45, 2.75) is 33.4 Å². The lowest BCUT2D eigenvalue weighted by Crippen LogP contribution is -2.49. The molecule has 7 heteroatoms. The molecule has 0 spiro atoms. The number of aromatic nitrogens is 2. The predicted molar refractivity (Wildman–Crippen MR) is 74.0 cm³/mol. The van der Waals surface area contributed by atoms with Crippen LogP contribution in [0.2, 0.25) is 0 Å². The summed E-state index contributed by atoms with van der Waals surface area (Å²) in [6.45, 7) is 10.6. The zero-order chi connectivity index (χ0) is 14.5. The summed E-state index contributed by atoms with van der Waals surface area (Å²) in [6, 6.07) is 0.199. The van der Waals surface area contributed by atoms with E-state index in [1.54, 1.807) is 6.92 Å². The molecule has 0 radical (unpaired) electrons. The number of nitrogens with zero attached hydrogens (tertiary/aromatic N) is 4. The largest absolute Gasteiger partial charge is 0.353 e. The molecule has 0 atom stereocenters. The molecular formula is C13H23N5O2. The smallest absolute Gasteiger partial charge is 0.234 e. The van der Waals surface area contributed by atoms with Crippen molar-refractivity contribution >= 4 is 5.91 Å². The van der Waals surface area contributed by atoms with E-state index in [-0.39, 0.29) is 11.9 Å². The average molecular weight is 281 g/mol. The molecule has 1 amide bonds. The number of rotatable bonds is 5. The topological polar surface area (TPSA) is 74.5 Å². The maximum Gasteiger partial charge on any atom is 0.234 e. The van der Waals surface area contributed by atoms with Crippen molar-refractivity contribution in [1.82, 2.24) is 25.3 Å². The van der Waals surface area contributed by atoms with Gasteiger partial charge in [0.1, 0.15) is 0 Å². The van der Waals surface area contributed by atoms with E-state index in [1.807, 2.05) is 13.8 Å². The molecule has 0 unspecified atom stereocenters. The number of carbonyl (C=O) groups excluding carboxylic acids is 1. The number of amides is 1. The second-order valence-electron chi connectivity index (χ2n) is 5.50. The fourth-order valence-corrected chi connectivity index (χ4v) is 2.28. The molecule has 0 bridgehead atoms. The minimum Gasteiger partial charge on any atom is -0.353 e. The van der Waals surface area contributed by atoms with Crippen LogP contribution in [0.4, 0.5) is 0 Å². The van der Waals surface area contributed by atoms with Gasteiger partial charge in [-0.05, 0) is 13.8 Å². The van der Waals surface area contributed by atoms with Gasteiger partial charge in [0.15, 0.2) is 5.82 Å². The van der Waals surface area contributed by atoms with Gasteiger partial charge < -0.3 is 9.84 Å². The summed E-state index contributed by atoms with van der Waals surface area (Å²) < 4.78 is 4.97. The van der Waals surface area contributed by atoms with E-state index >= 15 is 0 Å². The first kappa shape index (κ1) is 14.9. The van der Waals surface area contributed by atoms with Crippen molar-refractivity contribution in [3.05, 3.63) is 11.7 Å². The highest BCUT2D eigenvalue weighted by atomic mass is 16.5. The van der Waals surface area contributed by atoms with Crippen molar-refractivity contribution < 1.29 is 9.32 Å². The van der Waals surface area contributed by atoms with E-state index in [0.29, 0.717) is 19.0 Å². The zero-order valence-electron chi connectivity index (χ0n) is 12.4. The molecule has 112 valence electrons. The molecule has 0 aromatic carbocycles. The molecule has 1 aromatic heterocycles. The van der Waals surface area contributed by atoms with Gasteiger partial charge in [-0.3, -0.25) is 14.6 Å². The summed E-state index contributed by atoms with van der Waals surface area (Å²) in [5.74, 6) is 1.43. The van der Waals surface area contributed by atoms with Crippen molar-refractivity contribution in [2.24, 2.45) is 0 Å². The number of piperazine rings is 1. The number of hydrogen-bond acceptors (Lipinski definition) is 6. The summed E-state index contributed by atoms with van der Waals surface area (Å²) in [6.07, 6.45) is 0. The third-order valence-corrected chi connectivity index (χ3v) is 3.22. The molecular weight excluding hydrogens is 258 g/mol. The fourth-order valence-electron chi connectivity index (χ4n) is 2.28. The molecule has 2 heterocycles. The zero-order valence-corrected chi connectivity index (χ0v) is 12.4. The number of aryl methyl sites for hydroxylation is 1. The minimum atomic E-state index is 0.0993. The first-order valence-corrected chi connectivity index (χ1v) is 7.06. The van der Waals surface area contributed by atoms with Crippen molar-refractivity contribution in [2.75, 3.05) is 32.7 Å². The third kappa shape index (κ3) is 4.57. The lowest BCUT2D eigenvalue weighted by Gasteiger charge is -2.33. The molecule has 0 aliphatic carbocycles. The molecule has 0 saturated carbocycles. The molecule has 1 saturated heterocycles. The van der Waals surface area contributed by atoms with Crippen LogP contribution in [0.15, 0.2) is 4.52 Å². The summed E-state index contributed by atoms with van der Waals surface area (Å²) in [4.78, 5) is 20.4. The summed E-state index contributed by atoms with van der Waals surface area (Å²) in [7, 11) is 0. The van der Waals surface area contributed by atoms with Crippen molar-refractivity contribution in [3.63, 3.8) is 0 Å². The van der Waals surface area contributed by atoms with Gasteiger partial charge in [0, 0.05) is 39.1 Å². The molecule has 1 N–H and O–H groups in total. The van der Waals surface area contributed by atoms with Crippen LogP contribution < -0.4 is 5.32 Å². The van der Waals surface area contributed by atoms with E-state index in [0.717, 1.165) is 32.0 Å². The molecule has 1 aromatic rings. The van der Waals surface area contributed by atoms with Gasteiger partial charge in [-0.2, -0.15) is 4.98 Å². The summed E-state index contributed by atoms with van der Waals surface area (Å²) in [5.41, 5.74) is 0. The molecule has 2 rings (SSSR count). The van der Waals surface area contributed by atoms with Crippen molar-refractivity contribution in [1.29, 1.82) is 0 Å². The van der Waals surface area contributed by atoms with Crippen LogP contribution in [0.25, 0.3) is 0 Å². The minimum absolute atomic E-state index is 0.0993. The highest BCUT2D eigenvalue weighted by Crippen LogP contribution is 2.06. The van der Waals surface area contributed by atoms with Crippen LogP contribution in [0.5, 0.6) is 0 Å². The normalized spacial score (nSPS) is 17.6.